The van der Waals surface area contributed by atoms with E-state index >= 15 is 0 Å². The molecule has 1 unspecified atom stereocenters. The van der Waals surface area contributed by atoms with Crippen molar-refractivity contribution in [2.75, 3.05) is 10.2 Å². The van der Waals surface area contributed by atoms with Crippen molar-refractivity contribution in [2.24, 2.45) is 0 Å². The number of hydrogen-bond donors (Lipinski definition) is 1. The lowest BCUT2D eigenvalue weighted by Gasteiger charge is -2.49. The first-order chi connectivity index (χ1) is 17.9. The average Bonchev–Trinajstić information content (AvgIpc) is 3.49. The molecular weight excluding hydrogens is 468 g/mol. The Morgan fingerprint density at radius 1 is 1.05 bits per heavy atom. The SMILES string of the molecule is CC(C)n1ncc2cc(NC(=O)C34CCC(=O)N3c3ccccc3C(=O)N4Cc3ccccc3)cnc21. The first kappa shape index (κ1) is 22.9. The van der Waals surface area contributed by atoms with Crippen LogP contribution in [0.15, 0.2) is 73.1 Å². The molecule has 2 aromatic carbocycles. The number of nitrogens with one attached hydrogen (secondary N) is 1. The normalized spacial score (nSPS) is 18.9. The lowest BCUT2D eigenvalue weighted by Crippen LogP contribution is -2.69. The Morgan fingerprint density at radius 3 is 2.59 bits per heavy atom. The third-order valence-corrected chi connectivity index (χ3v) is 7.10. The molecule has 1 N–H and O–H groups in total. The van der Waals surface area contributed by atoms with E-state index < -0.39 is 11.6 Å². The zero-order chi connectivity index (χ0) is 25.7. The maximum atomic E-state index is 14.2. The van der Waals surface area contributed by atoms with Crippen molar-refractivity contribution in [1.29, 1.82) is 0 Å². The van der Waals surface area contributed by atoms with Gasteiger partial charge in [0, 0.05) is 30.8 Å². The molecule has 1 saturated heterocycles. The van der Waals surface area contributed by atoms with Gasteiger partial charge in [-0.1, -0.05) is 42.5 Å². The predicted octanol–water partition coefficient (Wildman–Crippen LogP) is 4.13. The highest BCUT2D eigenvalue weighted by atomic mass is 16.2. The molecule has 3 amide bonds. The minimum absolute atomic E-state index is 0.141. The fraction of sp³-hybridized carbons (Fsp3) is 0.250. The van der Waals surface area contributed by atoms with Crippen LogP contribution in [-0.4, -0.2) is 43.0 Å². The molecular formula is C28H26N6O3. The molecule has 2 aliphatic rings. The molecule has 0 bridgehead atoms. The van der Waals surface area contributed by atoms with Crippen LogP contribution in [0.4, 0.5) is 11.4 Å². The summed E-state index contributed by atoms with van der Waals surface area (Å²) in [4.78, 5) is 48.9. The molecule has 186 valence electrons. The van der Waals surface area contributed by atoms with Gasteiger partial charge in [-0.25, -0.2) is 9.67 Å². The van der Waals surface area contributed by atoms with Gasteiger partial charge < -0.3 is 10.2 Å². The number of carbonyl (C=O) groups is 3. The summed E-state index contributed by atoms with van der Waals surface area (Å²) in [7, 11) is 0. The minimum atomic E-state index is -1.50. The zero-order valence-electron chi connectivity index (χ0n) is 20.6. The number of pyridine rings is 1. The minimum Gasteiger partial charge on any atom is -0.321 e. The van der Waals surface area contributed by atoms with E-state index in [0.29, 0.717) is 16.9 Å². The van der Waals surface area contributed by atoms with Crippen LogP contribution >= 0.6 is 0 Å². The van der Waals surface area contributed by atoms with E-state index in [9.17, 15) is 14.4 Å². The molecule has 4 aromatic rings. The first-order valence-electron chi connectivity index (χ1n) is 12.3. The highest BCUT2D eigenvalue weighted by Crippen LogP contribution is 2.45. The molecule has 2 aliphatic heterocycles. The van der Waals surface area contributed by atoms with Crippen LogP contribution in [0.25, 0.3) is 11.0 Å². The fourth-order valence-corrected chi connectivity index (χ4v) is 5.39. The van der Waals surface area contributed by atoms with Crippen molar-refractivity contribution in [3.8, 4) is 0 Å². The van der Waals surface area contributed by atoms with Crippen molar-refractivity contribution >= 4 is 40.1 Å². The van der Waals surface area contributed by atoms with Crippen LogP contribution in [0, 0.1) is 0 Å². The number of aromatic nitrogens is 3. The van der Waals surface area contributed by atoms with E-state index in [-0.39, 0.29) is 37.2 Å². The Hall–Kier alpha value is -4.53. The summed E-state index contributed by atoms with van der Waals surface area (Å²) >= 11 is 0. The smallest absolute Gasteiger partial charge is 0.271 e. The topological polar surface area (TPSA) is 100 Å². The van der Waals surface area contributed by atoms with Crippen LogP contribution in [-0.2, 0) is 16.1 Å². The molecule has 1 fully saturated rings. The molecule has 37 heavy (non-hydrogen) atoms. The summed E-state index contributed by atoms with van der Waals surface area (Å²) in [6, 6.07) is 18.4. The summed E-state index contributed by atoms with van der Waals surface area (Å²) in [5.74, 6) is -0.929. The van der Waals surface area contributed by atoms with Gasteiger partial charge in [-0.3, -0.25) is 19.3 Å². The first-order valence-corrected chi connectivity index (χ1v) is 12.3. The van der Waals surface area contributed by atoms with Gasteiger partial charge in [0.15, 0.2) is 5.65 Å². The Morgan fingerprint density at radius 2 is 1.81 bits per heavy atom. The Balaban J connectivity index is 1.44. The number of anilines is 2. The van der Waals surface area contributed by atoms with Gasteiger partial charge in [-0.2, -0.15) is 5.10 Å². The highest BCUT2D eigenvalue weighted by Gasteiger charge is 2.60. The second-order valence-electron chi connectivity index (χ2n) is 9.71. The summed E-state index contributed by atoms with van der Waals surface area (Å²) < 4.78 is 1.81. The van der Waals surface area contributed by atoms with Crippen molar-refractivity contribution in [2.45, 2.75) is 44.9 Å². The largest absolute Gasteiger partial charge is 0.321 e. The van der Waals surface area contributed by atoms with Crippen molar-refractivity contribution in [1.82, 2.24) is 19.7 Å². The third-order valence-electron chi connectivity index (χ3n) is 7.10. The Bertz CT molecular complexity index is 1550. The van der Waals surface area contributed by atoms with Crippen molar-refractivity contribution < 1.29 is 14.4 Å². The molecule has 2 aromatic heterocycles. The van der Waals surface area contributed by atoms with E-state index in [4.69, 9.17) is 0 Å². The summed E-state index contributed by atoms with van der Waals surface area (Å²) in [5.41, 5.74) is 1.42. The number of nitrogens with zero attached hydrogens (tertiary/aromatic N) is 5. The fourth-order valence-electron chi connectivity index (χ4n) is 5.39. The van der Waals surface area contributed by atoms with Gasteiger partial charge >= 0.3 is 0 Å². The van der Waals surface area contributed by atoms with Crippen LogP contribution < -0.4 is 10.2 Å². The molecule has 6 rings (SSSR count). The Labute approximate surface area is 213 Å². The van der Waals surface area contributed by atoms with E-state index in [2.05, 4.69) is 15.4 Å². The zero-order valence-corrected chi connectivity index (χ0v) is 20.6. The van der Waals surface area contributed by atoms with Crippen LogP contribution in [0.3, 0.4) is 0 Å². The van der Waals surface area contributed by atoms with Crippen molar-refractivity contribution in [3.63, 3.8) is 0 Å². The number of hydrogen-bond acceptors (Lipinski definition) is 5. The van der Waals surface area contributed by atoms with E-state index in [0.717, 1.165) is 16.6 Å². The van der Waals surface area contributed by atoms with Crippen molar-refractivity contribution in [3.05, 3.63) is 84.2 Å². The lowest BCUT2D eigenvalue weighted by molar-refractivity contribution is -0.129. The number of rotatable bonds is 5. The molecule has 0 saturated carbocycles. The highest BCUT2D eigenvalue weighted by molar-refractivity contribution is 6.18. The number of para-hydroxylation sites is 1. The molecule has 1 atom stereocenters. The molecule has 0 aliphatic carbocycles. The van der Waals surface area contributed by atoms with E-state index in [1.165, 1.54) is 9.80 Å². The molecule has 0 spiro atoms. The maximum absolute atomic E-state index is 14.2. The second kappa shape index (κ2) is 8.55. The number of amides is 3. The predicted molar refractivity (Wildman–Crippen MR) is 139 cm³/mol. The van der Waals surface area contributed by atoms with Gasteiger partial charge in [-0.05, 0) is 37.6 Å². The van der Waals surface area contributed by atoms with Gasteiger partial charge in [0.25, 0.3) is 11.8 Å². The third kappa shape index (κ3) is 3.49. The second-order valence-corrected chi connectivity index (χ2v) is 9.71. The summed E-state index contributed by atoms with van der Waals surface area (Å²) in [6.45, 7) is 4.23. The monoisotopic (exact) mass is 494 g/mol. The van der Waals surface area contributed by atoms with Crippen LogP contribution in [0.2, 0.25) is 0 Å². The summed E-state index contributed by atoms with van der Waals surface area (Å²) in [5, 5.41) is 8.15. The number of benzene rings is 2. The average molecular weight is 495 g/mol. The van der Waals surface area contributed by atoms with Gasteiger partial charge in [0.1, 0.15) is 0 Å². The Kier molecular flexibility index (Phi) is 5.29. The number of fused-ring (bicyclic) bond motifs is 4. The van der Waals surface area contributed by atoms with Crippen LogP contribution in [0.5, 0.6) is 0 Å². The maximum Gasteiger partial charge on any atom is 0.271 e. The quantitative estimate of drug-likeness (QED) is 0.450. The van der Waals surface area contributed by atoms with E-state index in [1.807, 2.05) is 54.9 Å². The number of carbonyl (C=O) groups excluding carboxylic acids is 3. The standard InChI is InChI=1S/C28H26N6O3/c1-18(2)34-25-20(15-30-34)14-21(16-29-25)31-27(37)28-13-12-24(35)33(28)23-11-7-6-10-22(23)26(36)32(28)17-19-8-4-3-5-9-19/h3-11,14-16,18H,12-13,17H2,1-2H3,(H,31,37). The van der Waals surface area contributed by atoms with Gasteiger partial charge in [0.05, 0.1) is 29.3 Å². The van der Waals surface area contributed by atoms with Gasteiger partial charge in [-0.15, -0.1) is 0 Å². The molecule has 4 heterocycles. The van der Waals surface area contributed by atoms with Crippen LogP contribution in [0.1, 0.15) is 48.7 Å². The van der Waals surface area contributed by atoms with Gasteiger partial charge in [0.2, 0.25) is 11.6 Å². The summed E-state index contributed by atoms with van der Waals surface area (Å²) in [6.07, 6.45) is 3.63. The lowest BCUT2D eigenvalue weighted by atomic mass is 9.94. The molecule has 9 nitrogen and oxygen atoms in total. The molecule has 9 heteroatoms. The molecule has 0 radical (unpaired) electrons. The van der Waals surface area contributed by atoms with E-state index in [1.54, 1.807) is 36.7 Å².